The van der Waals surface area contributed by atoms with Gasteiger partial charge in [-0.1, -0.05) is 0 Å². The van der Waals surface area contributed by atoms with Crippen LogP contribution in [0.2, 0.25) is 0 Å². The van der Waals surface area contributed by atoms with Crippen LogP contribution in [-0.4, -0.2) is 22.4 Å². The normalized spacial score (nSPS) is 11.9. The second kappa shape index (κ2) is 6.87. The molecule has 0 saturated heterocycles. The lowest BCUT2D eigenvalue weighted by Crippen LogP contribution is -2.36. The smallest absolute Gasteiger partial charge is 0.191 e. The maximum absolute atomic E-state index is 5.29. The van der Waals surface area contributed by atoms with Crippen molar-refractivity contribution in [3.05, 3.63) is 58.3 Å². The fourth-order valence-electron chi connectivity index (χ4n) is 2.34. The van der Waals surface area contributed by atoms with E-state index in [1.54, 1.807) is 13.3 Å². The second-order valence-corrected chi connectivity index (χ2v) is 6.08. The Morgan fingerprint density at radius 1 is 1.35 bits per heavy atom. The number of guanidine groups is 1. The topological polar surface area (TPSA) is 66.9 Å². The van der Waals surface area contributed by atoms with E-state index in [9.17, 15) is 0 Å². The number of hydrogen-bond donors (Lipinski definition) is 2. The maximum Gasteiger partial charge on any atom is 0.191 e. The van der Waals surface area contributed by atoms with Crippen LogP contribution in [0.4, 0.5) is 0 Å². The number of halogens is 1. The molecular formula is C16H18BrN5O. The average Bonchev–Trinajstić information content (AvgIpc) is 3.16. The van der Waals surface area contributed by atoms with Crippen molar-refractivity contribution < 1.29 is 4.42 Å². The average molecular weight is 376 g/mol. The molecule has 0 aliphatic carbocycles. The summed E-state index contributed by atoms with van der Waals surface area (Å²) in [5, 5.41) is 6.45. The van der Waals surface area contributed by atoms with E-state index in [1.165, 1.54) is 0 Å². The first-order valence-corrected chi connectivity index (χ1v) is 8.05. The summed E-state index contributed by atoms with van der Waals surface area (Å²) in [5.41, 5.74) is 3.04. The van der Waals surface area contributed by atoms with E-state index in [0.29, 0.717) is 19.0 Å². The molecule has 3 aromatic rings. The highest BCUT2D eigenvalue weighted by molar-refractivity contribution is 9.10. The summed E-state index contributed by atoms with van der Waals surface area (Å²) < 4.78 is 8.35. The molecule has 0 saturated carbocycles. The molecule has 0 aliphatic heterocycles. The molecule has 0 unspecified atom stereocenters. The first-order chi connectivity index (χ1) is 11.2. The predicted molar refractivity (Wildman–Crippen MR) is 93.4 cm³/mol. The SMILES string of the molecule is CN=C(NCc1cn2cc(Br)cc(C)c2n1)NCc1ccco1. The molecular weight excluding hydrogens is 358 g/mol. The molecule has 7 heteroatoms. The van der Waals surface area contributed by atoms with Crippen molar-refractivity contribution in [2.45, 2.75) is 20.0 Å². The number of aryl methyl sites for hydroxylation is 1. The van der Waals surface area contributed by atoms with Crippen LogP contribution in [0.25, 0.3) is 5.65 Å². The molecule has 0 spiro atoms. The summed E-state index contributed by atoms with van der Waals surface area (Å²) in [4.78, 5) is 8.85. The number of hydrogen-bond acceptors (Lipinski definition) is 3. The summed E-state index contributed by atoms with van der Waals surface area (Å²) in [7, 11) is 1.74. The van der Waals surface area contributed by atoms with Crippen molar-refractivity contribution in [2.24, 2.45) is 4.99 Å². The predicted octanol–water partition coefficient (Wildman–Crippen LogP) is 2.86. The van der Waals surface area contributed by atoms with E-state index >= 15 is 0 Å². The molecule has 2 N–H and O–H groups in total. The minimum absolute atomic E-state index is 0.587. The van der Waals surface area contributed by atoms with Crippen molar-refractivity contribution in [2.75, 3.05) is 7.05 Å². The van der Waals surface area contributed by atoms with Crippen molar-refractivity contribution in [1.82, 2.24) is 20.0 Å². The van der Waals surface area contributed by atoms with Gasteiger partial charge in [0.15, 0.2) is 5.96 Å². The number of aromatic nitrogens is 2. The van der Waals surface area contributed by atoms with Gasteiger partial charge in [-0.2, -0.15) is 0 Å². The molecule has 120 valence electrons. The molecule has 0 aromatic carbocycles. The highest BCUT2D eigenvalue weighted by atomic mass is 79.9. The first-order valence-electron chi connectivity index (χ1n) is 7.26. The van der Waals surface area contributed by atoms with E-state index in [1.807, 2.05) is 35.9 Å². The maximum atomic E-state index is 5.29. The Hall–Kier alpha value is -2.28. The van der Waals surface area contributed by atoms with Gasteiger partial charge in [-0.3, -0.25) is 4.99 Å². The van der Waals surface area contributed by atoms with Crippen LogP contribution < -0.4 is 10.6 Å². The molecule has 3 heterocycles. The van der Waals surface area contributed by atoms with Gasteiger partial charge in [-0.25, -0.2) is 4.98 Å². The Kier molecular flexibility index (Phi) is 4.66. The quantitative estimate of drug-likeness (QED) is 0.543. The number of aliphatic imine (C=N–C) groups is 1. The fraction of sp³-hybridized carbons (Fsp3) is 0.250. The lowest BCUT2D eigenvalue weighted by atomic mass is 10.3. The van der Waals surface area contributed by atoms with Gasteiger partial charge in [-0.05, 0) is 46.6 Å². The van der Waals surface area contributed by atoms with Crippen molar-refractivity contribution >= 4 is 27.5 Å². The van der Waals surface area contributed by atoms with Gasteiger partial charge in [0, 0.05) is 23.9 Å². The highest BCUT2D eigenvalue weighted by Crippen LogP contribution is 2.17. The zero-order valence-electron chi connectivity index (χ0n) is 13.0. The minimum Gasteiger partial charge on any atom is -0.467 e. The van der Waals surface area contributed by atoms with Crippen LogP contribution in [0.3, 0.4) is 0 Å². The molecule has 0 radical (unpaired) electrons. The van der Waals surface area contributed by atoms with E-state index in [2.05, 4.69) is 42.6 Å². The molecule has 0 atom stereocenters. The Morgan fingerprint density at radius 3 is 2.91 bits per heavy atom. The van der Waals surface area contributed by atoms with Crippen molar-refractivity contribution in [3.63, 3.8) is 0 Å². The summed E-state index contributed by atoms with van der Waals surface area (Å²) in [6, 6.07) is 5.84. The van der Waals surface area contributed by atoms with E-state index in [0.717, 1.165) is 27.1 Å². The minimum atomic E-state index is 0.587. The van der Waals surface area contributed by atoms with Crippen LogP contribution in [0.1, 0.15) is 17.0 Å². The number of rotatable bonds is 4. The Labute approximate surface area is 142 Å². The molecule has 6 nitrogen and oxygen atoms in total. The van der Waals surface area contributed by atoms with Gasteiger partial charge in [0.2, 0.25) is 0 Å². The van der Waals surface area contributed by atoms with E-state index < -0.39 is 0 Å². The van der Waals surface area contributed by atoms with Gasteiger partial charge in [0.1, 0.15) is 11.4 Å². The van der Waals surface area contributed by atoms with Crippen LogP contribution >= 0.6 is 15.9 Å². The second-order valence-electron chi connectivity index (χ2n) is 5.16. The summed E-state index contributed by atoms with van der Waals surface area (Å²) in [6.45, 7) is 3.23. The Bertz CT molecular complexity index is 822. The van der Waals surface area contributed by atoms with Crippen molar-refractivity contribution in [3.8, 4) is 0 Å². The lowest BCUT2D eigenvalue weighted by molar-refractivity contribution is 0.501. The number of furan rings is 1. The van der Waals surface area contributed by atoms with Crippen molar-refractivity contribution in [1.29, 1.82) is 0 Å². The van der Waals surface area contributed by atoms with E-state index in [-0.39, 0.29) is 0 Å². The lowest BCUT2D eigenvalue weighted by Gasteiger charge is -2.09. The number of nitrogens with one attached hydrogen (secondary N) is 2. The summed E-state index contributed by atoms with van der Waals surface area (Å²) >= 11 is 3.50. The van der Waals surface area contributed by atoms with Gasteiger partial charge in [-0.15, -0.1) is 0 Å². The standard InChI is InChI=1S/C16H18BrN5O/c1-11-6-12(17)9-22-10-13(21-15(11)22)7-19-16(18-2)20-8-14-4-3-5-23-14/h3-6,9-10H,7-8H2,1-2H3,(H2,18,19,20). The Balaban J connectivity index is 1.63. The molecule has 23 heavy (non-hydrogen) atoms. The zero-order chi connectivity index (χ0) is 16.2. The Morgan fingerprint density at radius 2 is 2.17 bits per heavy atom. The number of imidazole rings is 1. The molecule has 0 fully saturated rings. The van der Waals surface area contributed by atoms with Crippen LogP contribution in [0.5, 0.6) is 0 Å². The van der Waals surface area contributed by atoms with Gasteiger partial charge < -0.3 is 19.5 Å². The summed E-state index contributed by atoms with van der Waals surface area (Å²) in [5.74, 6) is 1.57. The van der Waals surface area contributed by atoms with Crippen LogP contribution in [0, 0.1) is 6.92 Å². The number of pyridine rings is 1. The van der Waals surface area contributed by atoms with Gasteiger partial charge in [0.25, 0.3) is 0 Å². The molecule has 3 rings (SSSR count). The third-order valence-electron chi connectivity index (χ3n) is 3.42. The molecule has 3 aromatic heterocycles. The number of fused-ring (bicyclic) bond motifs is 1. The van der Waals surface area contributed by atoms with Crippen LogP contribution in [-0.2, 0) is 13.1 Å². The fourth-order valence-corrected chi connectivity index (χ4v) is 2.90. The first kappa shape index (κ1) is 15.6. The highest BCUT2D eigenvalue weighted by Gasteiger charge is 2.06. The monoisotopic (exact) mass is 375 g/mol. The largest absolute Gasteiger partial charge is 0.467 e. The van der Waals surface area contributed by atoms with Gasteiger partial charge >= 0.3 is 0 Å². The number of nitrogens with zero attached hydrogens (tertiary/aromatic N) is 3. The molecule has 0 amide bonds. The third-order valence-corrected chi connectivity index (χ3v) is 3.86. The molecule has 0 bridgehead atoms. The third kappa shape index (κ3) is 3.73. The molecule has 0 aliphatic rings. The van der Waals surface area contributed by atoms with Crippen LogP contribution in [0.15, 0.2) is 50.7 Å². The van der Waals surface area contributed by atoms with Gasteiger partial charge in [0.05, 0.1) is 25.0 Å². The zero-order valence-corrected chi connectivity index (χ0v) is 14.6. The van der Waals surface area contributed by atoms with E-state index in [4.69, 9.17) is 4.42 Å². The summed E-state index contributed by atoms with van der Waals surface area (Å²) in [6.07, 6.45) is 5.67.